The first kappa shape index (κ1) is 13.4. The second-order valence-corrected chi connectivity index (χ2v) is 4.58. The van der Waals surface area contributed by atoms with E-state index in [1.807, 2.05) is 0 Å². The SMILES string of the molecule is CC(=O)NCCNCC1CN(C)CCN1C. The van der Waals surface area contributed by atoms with Gasteiger partial charge in [-0.3, -0.25) is 9.69 Å². The standard InChI is InChI=1S/C11H24N4O/c1-10(16)13-5-4-12-8-11-9-14(2)6-7-15(11)3/h11-12H,4-9H2,1-3H3,(H,13,16). The first-order valence-electron chi connectivity index (χ1n) is 5.93. The Hall–Kier alpha value is -0.650. The molecule has 1 rings (SSSR count). The minimum absolute atomic E-state index is 0.0383. The lowest BCUT2D eigenvalue weighted by molar-refractivity contribution is -0.118. The average molecular weight is 228 g/mol. The third-order valence-corrected chi connectivity index (χ3v) is 3.04. The summed E-state index contributed by atoms with van der Waals surface area (Å²) in [6.45, 7) is 7.48. The molecule has 5 heteroatoms. The average Bonchev–Trinajstić information content (AvgIpc) is 2.22. The van der Waals surface area contributed by atoms with Crippen LogP contribution in [0.15, 0.2) is 0 Å². The van der Waals surface area contributed by atoms with Crippen LogP contribution in [0.2, 0.25) is 0 Å². The lowest BCUT2D eigenvalue weighted by Crippen LogP contribution is -2.54. The van der Waals surface area contributed by atoms with Crippen LogP contribution in [-0.2, 0) is 4.79 Å². The van der Waals surface area contributed by atoms with E-state index in [1.165, 1.54) is 0 Å². The molecule has 1 fully saturated rings. The van der Waals surface area contributed by atoms with E-state index in [2.05, 4.69) is 34.5 Å². The van der Waals surface area contributed by atoms with Crippen LogP contribution in [0.3, 0.4) is 0 Å². The van der Waals surface area contributed by atoms with Gasteiger partial charge in [-0.05, 0) is 14.1 Å². The Morgan fingerprint density at radius 3 is 2.75 bits per heavy atom. The van der Waals surface area contributed by atoms with Crippen molar-refractivity contribution in [1.29, 1.82) is 0 Å². The molecule has 0 bridgehead atoms. The summed E-state index contributed by atoms with van der Waals surface area (Å²) >= 11 is 0. The van der Waals surface area contributed by atoms with E-state index in [4.69, 9.17) is 0 Å². The van der Waals surface area contributed by atoms with Crippen LogP contribution in [0.5, 0.6) is 0 Å². The second kappa shape index (κ2) is 6.83. The molecule has 0 aliphatic carbocycles. The van der Waals surface area contributed by atoms with E-state index >= 15 is 0 Å². The smallest absolute Gasteiger partial charge is 0.216 e. The third-order valence-electron chi connectivity index (χ3n) is 3.04. The Morgan fingerprint density at radius 1 is 1.31 bits per heavy atom. The fourth-order valence-corrected chi connectivity index (χ4v) is 1.92. The number of hydrogen-bond donors (Lipinski definition) is 2. The Morgan fingerprint density at radius 2 is 2.06 bits per heavy atom. The van der Waals surface area contributed by atoms with Crippen molar-refractivity contribution in [3.63, 3.8) is 0 Å². The number of hydrogen-bond acceptors (Lipinski definition) is 4. The Kier molecular flexibility index (Phi) is 5.73. The number of nitrogens with zero attached hydrogens (tertiary/aromatic N) is 2. The van der Waals surface area contributed by atoms with Crippen molar-refractivity contribution in [2.45, 2.75) is 13.0 Å². The van der Waals surface area contributed by atoms with Gasteiger partial charge in [0.25, 0.3) is 0 Å². The predicted octanol–water partition coefficient (Wildman–Crippen LogP) is -1.04. The summed E-state index contributed by atoms with van der Waals surface area (Å²) in [5.41, 5.74) is 0. The van der Waals surface area contributed by atoms with E-state index in [1.54, 1.807) is 6.92 Å². The minimum atomic E-state index is 0.0383. The molecular weight excluding hydrogens is 204 g/mol. The molecule has 1 aliphatic rings. The number of carbonyl (C=O) groups excluding carboxylic acids is 1. The number of carbonyl (C=O) groups is 1. The van der Waals surface area contributed by atoms with Crippen LogP contribution >= 0.6 is 0 Å². The highest BCUT2D eigenvalue weighted by molar-refractivity contribution is 5.72. The van der Waals surface area contributed by atoms with Crippen molar-refractivity contribution in [2.75, 3.05) is 53.4 Å². The molecule has 5 nitrogen and oxygen atoms in total. The van der Waals surface area contributed by atoms with Gasteiger partial charge in [-0.1, -0.05) is 0 Å². The maximum Gasteiger partial charge on any atom is 0.216 e. The molecule has 1 atom stereocenters. The normalized spacial score (nSPS) is 23.3. The van der Waals surface area contributed by atoms with Crippen LogP contribution in [0.25, 0.3) is 0 Å². The number of piperazine rings is 1. The van der Waals surface area contributed by atoms with Gasteiger partial charge >= 0.3 is 0 Å². The van der Waals surface area contributed by atoms with Crippen molar-refractivity contribution in [1.82, 2.24) is 20.4 Å². The van der Waals surface area contributed by atoms with Crippen molar-refractivity contribution in [3.05, 3.63) is 0 Å². The van der Waals surface area contributed by atoms with E-state index in [0.29, 0.717) is 12.6 Å². The summed E-state index contributed by atoms with van der Waals surface area (Å²) < 4.78 is 0. The van der Waals surface area contributed by atoms with Gasteiger partial charge in [0.05, 0.1) is 0 Å². The van der Waals surface area contributed by atoms with Crippen molar-refractivity contribution in [3.8, 4) is 0 Å². The molecule has 1 aliphatic heterocycles. The predicted molar refractivity (Wildman–Crippen MR) is 65.5 cm³/mol. The van der Waals surface area contributed by atoms with Crippen LogP contribution < -0.4 is 10.6 Å². The first-order valence-corrected chi connectivity index (χ1v) is 5.93. The Bertz CT molecular complexity index is 222. The molecule has 0 radical (unpaired) electrons. The molecule has 0 saturated carbocycles. The number of nitrogens with one attached hydrogen (secondary N) is 2. The molecule has 16 heavy (non-hydrogen) atoms. The summed E-state index contributed by atoms with van der Waals surface area (Å²) in [4.78, 5) is 15.4. The van der Waals surface area contributed by atoms with E-state index in [-0.39, 0.29) is 5.91 Å². The second-order valence-electron chi connectivity index (χ2n) is 4.58. The van der Waals surface area contributed by atoms with Crippen LogP contribution in [0.1, 0.15) is 6.92 Å². The van der Waals surface area contributed by atoms with Gasteiger partial charge in [0, 0.05) is 52.2 Å². The van der Waals surface area contributed by atoms with Crippen LogP contribution in [0.4, 0.5) is 0 Å². The molecule has 1 amide bonds. The Labute approximate surface area is 98.2 Å². The lowest BCUT2D eigenvalue weighted by Gasteiger charge is -2.37. The molecule has 0 aromatic rings. The van der Waals surface area contributed by atoms with Gasteiger partial charge in [-0.2, -0.15) is 0 Å². The largest absolute Gasteiger partial charge is 0.355 e. The van der Waals surface area contributed by atoms with Gasteiger partial charge in [-0.15, -0.1) is 0 Å². The number of rotatable bonds is 5. The van der Waals surface area contributed by atoms with Crippen LogP contribution in [0, 0.1) is 0 Å². The van der Waals surface area contributed by atoms with Crippen LogP contribution in [-0.4, -0.2) is 75.1 Å². The minimum Gasteiger partial charge on any atom is -0.355 e. The molecule has 94 valence electrons. The van der Waals surface area contributed by atoms with Crippen molar-refractivity contribution < 1.29 is 4.79 Å². The molecule has 0 aromatic carbocycles. The zero-order chi connectivity index (χ0) is 12.0. The molecule has 2 N–H and O–H groups in total. The number of amides is 1. The van der Waals surface area contributed by atoms with Gasteiger partial charge in [0.1, 0.15) is 0 Å². The van der Waals surface area contributed by atoms with E-state index < -0.39 is 0 Å². The highest BCUT2D eigenvalue weighted by Crippen LogP contribution is 2.04. The highest BCUT2D eigenvalue weighted by Gasteiger charge is 2.21. The molecule has 0 aromatic heterocycles. The summed E-state index contributed by atoms with van der Waals surface area (Å²) in [5.74, 6) is 0.0383. The molecule has 1 heterocycles. The zero-order valence-corrected chi connectivity index (χ0v) is 10.6. The molecular formula is C11H24N4O. The monoisotopic (exact) mass is 228 g/mol. The third kappa shape index (κ3) is 4.92. The van der Waals surface area contributed by atoms with Gasteiger partial charge < -0.3 is 15.5 Å². The lowest BCUT2D eigenvalue weighted by atomic mass is 10.2. The molecule has 1 unspecified atom stereocenters. The zero-order valence-electron chi connectivity index (χ0n) is 10.6. The van der Waals surface area contributed by atoms with E-state index in [0.717, 1.165) is 32.7 Å². The number of likely N-dealkylation sites (N-methyl/N-ethyl adjacent to an activating group) is 2. The van der Waals surface area contributed by atoms with Crippen molar-refractivity contribution >= 4 is 5.91 Å². The fourth-order valence-electron chi connectivity index (χ4n) is 1.92. The summed E-state index contributed by atoms with van der Waals surface area (Å²) in [6, 6.07) is 0.580. The summed E-state index contributed by atoms with van der Waals surface area (Å²) in [7, 11) is 4.34. The summed E-state index contributed by atoms with van der Waals surface area (Å²) in [6.07, 6.45) is 0. The molecule has 1 saturated heterocycles. The fraction of sp³-hybridized carbons (Fsp3) is 0.909. The van der Waals surface area contributed by atoms with Gasteiger partial charge in [-0.25, -0.2) is 0 Å². The maximum absolute atomic E-state index is 10.6. The Balaban J connectivity index is 2.09. The van der Waals surface area contributed by atoms with Crippen molar-refractivity contribution in [2.24, 2.45) is 0 Å². The first-order chi connectivity index (χ1) is 7.59. The van der Waals surface area contributed by atoms with Gasteiger partial charge in [0.2, 0.25) is 5.91 Å². The molecule has 0 spiro atoms. The summed E-state index contributed by atoms with van der Waals surface area (Å²) in [5, 5.41) is 6.16. The van der Waals surface area contributed by atoms with Gasteiger partial charge in [0.15, 0.2) is 0 Å². The van der Waals surface area contributed by atoms with E-state index in [9.17, 15) is 4.79 Å². The maximum atomic E-state index is 10.6. The topological polar surface area (TPSA) is 47.6 Å². The quantitative estimate of drug-likeness (QED) is 0.590. The highest BCUT2D eigenvalue weighted by atomic mass is 16.1.